The fourth-order valence-electron chi connectivity index (χ4n) is 1.20. The van der Waals surface area contributed by atoms with Crippen LogP contribution in [0.15, 0.2) is 12.7 Å². The van der Waals surface area contributed by atoms with Gasteiger partial charge in [-0.25, -0.2) is 4.79 Å². The topological polar surface area (TPSA) is 49.8 Å². The van der Waals surface area contributed by atoms with E-state index in [1.165, 1.54) is 0 Å². The van der Waals surface area contributed by atoms with Crippen LogP contribution >= 0.6 is 12.4 Å². The van der Waals surface area contributed by atoms with Gasteiger partial charge < -0.3 is 9.84 Å². The van der Waals surface area contributed by atoms with Crippen LogP contribution < -0.4 is 0 Å². The lowest BCUT2D eigenvalue weighted by atomic mass is 10.3. The molecule has 1 rings (SSSR count). The second-order valence-electron chi connectivity index (χ2n) is 2.75. The van der Waals surface area contributed by atoms with E-state index >= 15 is 0 Å². The number of halogens is 1. The minimum absolute atomic E-state index is 0. The summed E-state index contributed by atoms with van der Waals surface area (Å²) in [5.74, 6) is -0.885. The Morgan fingerprint density at radius 2 is 2.46 bits per heavy atom. The maximum atomic E-state index is 10.5. The van der Waals surface area contributed by atoms with Crippen LogP contribution in [0.5, 0.6) is 0 Å². The molecule has 0 bridgehead atoms. The molecule has 13 heavy (non-hydrogen) atoms. The first-order valence-corrected chi connectivity index (χ1v) is 3.91. The van der Waals surface area contributed by atoms with Gasteiger partial charge in [-0.2, -0.15) is 0 Å². The molecule has 1 aliphatic heterocycles. The summed E-state index contributed by atoms with van der Waals surface area (Å²) in [6.07, 6.45) is 1.10. The number of carboxylic acids is 1. The van der Waals surface area contributed by atoms with Gasteiger partial charge in [-0.3, -0.25) is 4.90 Å². The van der Waals surface area contributed by atoms with Crippen LogP contribution in [-0.4, -0.2) is 48.3 Å². The zero-order valence-electron chi connectivity index (χ0n) is 7.31. The van der Waals surface area contributed by atoms with Crippen LogP contribution in [-0.2, 0) is 9.53 Å². The van der Waals surface area contributed by atoms with Crippen molar-refractivity contribution in [3.63, 3.8) is 0 Å². The molecule has 76 valence electrons. The summed E-state index contributed by atoms with van der Waals surface area (Å²) in [7, 11) is 0. The number of carboxylic acid groups (broad SMARTS) is 1. The maximum absolute atomic E-state index is 10.5. The van der Waals surface area contributed by atoms with Crippen molar-refractivity contribution in [3.05, 3.63) is 12.7 Å². The van der Waals surface area contributed by atoms with Crippen molar-refractivity contribution >= 4 is 18.4 Å². The number of nitrogens with zero attached hydrogens (tertiary/aromatic N) is 1. The van der Waals surface area contributed by atoms with Gasteiger partial charge in [-0.15, -0.1) is 19.0 Å². The van der Waals surface area contributed by atoms with Crippen LogP contribution in [0.1, 0.15) is 0 Å². The lowest BCUT2D eigenvalue weighted by molar-refractivity contribution is -0.155. The van der Waals surface area contributed by atoms with Crippen molar-refractivity contribution in [3.8, 4) is 0 Å². The van der Waals surface area contributed by atoms with Gasteiger partial charge in [-0.1, -0.05) is 6.08 Å². The van der Waals surface area contributed by atoms with Crippen molar-refractivity contribution < 1.29 is 14.6 Å². The quantitative estimate of drug-likeness (QED) is 0.680. The summed E-state index contributed by atoms with van der Waals surface area (Å²) < 4.78 is 5.04. The van der Waals surface area contributed by atoms with Gasteiger partial charge >= 0.3 is 5.97 Å². The number of morpholine rings is 1. The molecule has 0 saturated carbocycles. The van der Waals surface area contributed by atoms with E-state index in [0.29, 0.717) is 13.2 Å². The maximum Gasteiger partial charge on any atom is 0.334 e. The van der Waals surface area contributed by atoms with Crippen LogP contribution in [0.2, 0.25) is 0 Å². The Morgan fingerprint density at radius 3 is 3.00 bits per heavy atom. The van der Waals surface area contributed by atoms with Crippen LogP contribution in [0, 0.1) is 0 Å². The minimum atomic E-state index is -0.885. The van der Waals surface area contributed by atoms with E-state index in [2.05, 4.69) is 6.58 Å². The number of rotatable bonds is 3. The van der Waals surface area contributed by atoms with E-state index in [4.69, 9.17) is 9.84 Å². The van der Waals surface area contributed by atoms with Crippen molar-refractivity contribution in [1.29, 1.82) is 0 Å². The second-order valence-corrected chi connectivity index (χ2v) is 2.75. The summed E-state index contributed by atoms with van der Waals surface area (Å²) in [5.41, 5.74) is 0. The molecule has 4 nitrogen and oxygen atoms in total. The first-order chi connectivity index (χ1) is 5.74. The molecule has 0 spiro atoms. The lowest BCUT2D eigenvalue weighted by Crippen LogP contribution is -2.45. The lowest BCUT2D eigenvalue weighted by Gasteiger charge is -2.29. The Morgan fingerprint density at radius 1 is 1.77 bits per heavy atom. The molecule has 1 heterocycles. The van der Waals surface area contributed by atoms with Crippen LogP contribution in [0.25, 0.3) is 0 Å². The smallest absolute Gasteiger partial charge is 0.334 e. The molecule has 0 aromatic rings. The highest BCUT2D eigenvalue weighted by Gasteiger charge is 2.24. The fourth-order valence-corrected chi connectivity index (χ4v) is 1.20. The third-order valence-electron chi connectivity index (χ3n) is 1.81. The first-order valence-electron chi connectivity index (χ1n) is 3.91. The zero-order chi connectivity index (χ0) is 8.97. The highest BCUT2D eigenvalue weighted by molar-refractivity contribution is 5.85. The number of hydrogen-bond acceptors (Lipinski definition) is 3. The van der Waals surface area contributed by atoms with E-state index in [1.807, 2.05) is 4.90 Å². The summed E-state index contributed by atoms with van der Waals surface area (Å²) >= 11 is 0. The Balaban J connectivity index is 0.00000144. The van der Waals surface area contributed by atoms with Gasteiger partial charge in [0, 0.05) is 19.6 Å². The van der Waals surface area contributed by atoms with Gasteiger partial charge in [-0.05, 0) is 0 Å². The highest BCUT2D eigenvalue weighted by Crippen LogP contribution is 2.04. The minimum Gasteiger partial charge on any atom is -0.479 e. The van der Waals surface area contributed by atoms with Crippen LogP contribution in [0.4, 0.5) is 0 Å². The molecule has 1 aliphatic rings. The molecule has 5 heteroatoms. The van der Waals surface area contributed by atoms with Crippen molar-refractivity contribution in [2.24, 2.45) is 0 Å². The molecule has 1 N–H and O–H groups in total. The molecule has 1 saturated heterocycles. The standard InChI is InChI=1S/C8H13NO3.ClH/c1-2-3-9-4-5-12-7(6-9)8(10)11;/h2,7H,1,3-6H2,(H,10,11);1H. The van der Waals surface area contributed by atoms with E-state index < -0.39 is 12.1 Å². The molecular weight excluding hydrogens is 194 g/mol. The fraction of sp³-hybridized carbons (Fsp3) is 0.625. The van der Waals surface area contributed by atoms with Gasteiger partial charge in [0.15, 0.2) is 6.10 Å². The predicted molar refractivity (Wildman–Crippen MR) is 51.3 cm³/mol. The van der Waals surface area contributed by atoms with Crippen LogP contribution in [0.3, 0.4) is 0 Å². The molecular formula is C8H14ClNO3. The molecule has 0 aromatic carbocycles. The van der Waals surface area contributed by atoms with Gasteiger partial charge in [0.1, 0.15) is 0 Å². The number of hydrogen-bond donors (Lipinski definition) is 1. The van der Waals surface area contributed by atoms with E-state index in [9.17, 15) is 4.79 Å². The van der Waals surface area contributed by atoms with E-state index in [-0.39, 0.29) is 12.4 Å². The average molecular weight is 208 g/mol. The third kappa shape index (κ3) is 3.76. The average Bonchev–Trinajstić information content (AvgIpc) is 2.05. The Labute approximate surface area is 83.6 Å². The Hall–Kier alpha value is -0.580. The van der Waals surface area contributed by atoms with E-state index in [0.717, 1.165) is 13.1 Å². The SMILES string of the molecule is C=CCN1CCOC(C(=O)O)C1.Cl. The van der Waals surface area contributed by atoms with Gasteiger partial charge in [0.2, 0.25) is 0 Å². The summed E-state index contributed by atoms with van der Waals surface area (Å²) in [4.78, 5) is 12.5. The Bertz CT molecular complexity index is 186. The normalized spacial score (nSPS) is 23.2. The molecule has 0 radical (unpaired) electrons. The second kappa shape index (κ2) is 5.96. The monoisotopic (exact) mass is 207 g/mol. The van der Waals surface area contributed by atoms with Crippen molar-refractivity contribution in [1.82, 2.24) is 4.90 Å². The third-order valence-corrected chi connectivity index (χ3v) is 1.81. The van der Waals surface area contributed by atoms with Gasteiger partial charge in [0.25, 0.3) is 0 Å². The number of aliphatic carboxylic acids is 1. The Kier molecular flexibility index (Phi) is 5.70. The molecule has 0 aliphatic carbocycles. The molecule has 0 amide bonds. The summed E-state index contributed by atoms with van der Waals surface area (Å²) in [5, 5.41) is 8.65. The highest BCUT2D eigenvalue weighted by atomic mass is 35.5. The number of ether oxygens (including phenoxy) is 1. The van der Waals surface area contributed by atoms with Crippen molar-refractivity contribution in [2.45, 2.75) is 6.10 Å². The summed E-state index contributed by atoms with van der Waals surface area (Å²) in [6.45, 7) is 6.06. The number of carbonyl (C=O) groups is 1. The molecule has 1 atom stereocenters. The van der Waals surface area contributed by atoms with Crippen molar-refractivity contribution in [2.75, 3.05) is 26.2 Å². The molecule has 1 unspecified atom stereocenters. The summed E-state index contributed by atoms with van der Waals surface area (Å²) in [6, 6.07) is 0. The van der Waals surface area contributed by atoms with E-state index in [1.54, 1.807) is 6.08 Å². The predicted octanol–water partition coefficient (Wildman–Crippen LogP) is 0.380. The largest absolute Gasteiger partial charge is 0.479 e. The first kappa shape index (κ1) is 12.4. The molecule has 1 fully saturated rings. The zero-order valence-corrected chi connectivity index (χ0v) is 8.13. The molecule has 0 aromatic heterocycles. The van der Waals surface area contributed by atoms with Gasteiger partial charge in [0.05, 0.1) is 6.61 Å².